The number of allylic oxidation sites excluding steroid dienone is 3. The molecular weight excluding hydrogens is 745 g/mol. The predicted octanol–water partition coefficient (Wildman–Crippen LogP) is 17.1. The molecule has 11 aromatic carbocycles. The summed E-state index contributed by atoms with van der Waals surface area (Å²) in [4.78, 5) is 0. The zero-order valence-electron chi connectivity index (χ0n) is 34.2. The summed E-state index contributed by atoms with van der Waals surface area (Å²) in [5, 5.41) is 10.7. The van der Waals surface area contributed by atoms with Gasteiger partial charge in [0.2, 0.25) is 0 Å². The molecule has 0 amide bonds. The third-order valence-electron chi connectivity index (χ3n) is 13.7. The van der Waals surface area contributed by atoms with Crippen molar-refractivity contribution in [1.82, 2.24) is 0 Å². The molecule has 0 nitrogen and oxygen atoms in total. The summed E-state index contributed by atoms with van der Waals surface area (Å²) in [6.07, 6.45) is 9.06. The first kappa shape index (κ1) is 35.0. The first-order valence-corrected chi connectivity index (χ1v) is 21.8. The molecule has 0 fully saturated rings. The first-order chi connectivity index (χ1) is 30.7. The SMILES string of the molecule is C1=Cc2ccc3c(-c4ccccc4-c4cccc(-c5ccc(-c6ccc(-c7ccc(-c8ccc9ccc%10cccc%11ccc8c9c%10%11)cc7)cc6)cc5)c4)ccc4c3c2C(=CC4)C1. The average molecular weight is 785 g/mol. The van der Waals surface area contributed by atoms with Gasteiger partial charge in [-0.25, -0.2) is 0 Å². The first-order valence-electron chi connectivity index (χ1n) is 21.8. The quantitative estimate of drug-likeness (QED) is 0.147. The Kier molecular flexibility index (Phi) is 7.84. The minimum atomic E-state index is 1.00. The third kappa shape index (κ3) is 5.54. The van der Waals surface area contributed by atoms with Gasteiger partial charge in [-0.2, -0.15) is 0 Å². The lowest BCUT2D eigenvalue weighted by atomic mass is 9.79. The van der Waals surface area contributed by atoms with E-state index in [4.69, 9.17) is 0 Å². The Morgan fingerprint density at radius 3 is 1.58 bits per heavy atom. The van der Waals surface area contributed by atoms with Gasteiger partial charge in [-0.15, -0.1) is 0 Å². The summed E-state index contributed by atoms with van der Waals surface area (Å²) in [5.74, 6) is 0. The van der Waals surface area contributed by atoms with E-state index in [1.807, 2.05) is 0 Å². The molecule has 0 N–H and O–H groups in total. The van der Waals surface area contributed by atoms with Gasteiger partial charge < -0.3 is 0 Å². The van der Waals surface area contributed by atoms with Crippen LogP contribution in [0.4, 0.5) is 0 Å². The number of rotatable bonds is 6. The lowest BCUT2D eigenvalue weighted by molar-refractivity contribution is 1.23. The van der Waals surface area contributed by atoms with Crippen molar-refractivity contribution in [3.63, 3.8) is 0 Å². The van der Waals surface area contributed by atoms with E-state index in [9.17, 15) is 0 Å². The number of benzene rings is 11. The van der Waals surface area contributed by atoms with Crippen LogP contribution in [0.2, 0.25) is 0 Å². The molecule has 2 aliphatic rings. The van der Waals surface area contributed by atoms with Crippen molar-refractivity contribution >= 4 is 54.7 Å². The van der Waals surface area contributed by atoms with Crippen molar-refractivity contribution in [3.8, 4) is 66.8 Å². The van der Waals surface area contributed by atoms with Gasteiger partial charge in [0.1, 0.15) is 0 Å². The van der Waals surface area contributed by atoms with Gasteiger partial charge >= 0.3 is 0 Å². The lowest BCUT2D eigenvalue weighted by Gasteiger charge is -2.25. The van der Waals surface area contributed by atoms with Crippen molar-refractivity contribution in [2.24, 2.45) is 0 Å². The molecule has 11 aromatic rings. The van der Waals surface area contributed by atoms with Crippen LogP contribution in [0.1, 0.15) is 23.1 Å². The molecular formula is C62H40. The average Bonchev–Trinajstić information content (AvgIpc) is 3.35. The highest BCUT2D eigenvalue weighted by Gasteiger charge is 2.22. The molecule has 0 heteroatoms. The fraction of sp³-hybridized carbons (Fsp3) is 0.0323. The largest absolute Gasteiger partial charge is 0.0795 e. The fourth-order valence-electron chi connectivity index (χ4n) is 10.6. The molecule has 0 saturated heterocycles. The minimum Gasteiger partial charge on any atom is -0.0795 e. The molecule has 0 atom stereocenters. The van der Waals surface area contributed by atoms with Crippen LogP contribution < -0.4 is 0 Å². The molecule has 0 aromatic heterocycles. The summed E-state index contributed by atoms with van der Waals surface area (Å²) < 4.78 is 0. The molecule has 0 saturated carbocycles. The van der Waals surface area contributed by atoms with Crippen LogP contribution in [0, 0.1) is 0 Å². The Bertz CT molecular complexity index is 3620. The van der Waals surface area contributed by atoms with Crippen molar-refractivity contribution < 1.29 is 0 Å². The summed E-state index contributed by atoms with van der Waals surface area (Å²) in [7, 11) is 0. The molecule has 288 valence electrons. The molecule has 13 rings (SSSR count). The van der Waals surface area contributed by atoms with E-state index < -0.39 is 0 Å². The second-order valence-corrected chi connectivity index (χ2v) is 17.1. The van der Waals surface area contributed by atoms with E-state index in [-0.39, 0.29) is 0 Å². The molecule has 0 heterocycles. The van der Waals surface area contributed by atoms with Gasteiger partial charge in [0.25, 0.3) is 0 Å². The van der Waals surface area contributed by atoms with E-state index in [0.717, 1.165) is 12.8 Å². The van der Waals surface area contributed by atoms with Gasteiger partial charge in [0.05, 0.1) is 0 Å². The second-order valence-electron chi connectivity index (χ2n) is 17.1. The molecule has 0 aliphatic heterocycles. The minimum absolute atomic E-state index is 1.00. The van der Waals surface area contributed by atoms with Crippen LogP contribution in [0.25, 0.3) is 122 Å². The Balaban J connectivity index is 0.767. The fourth-order valence-corrected chi connectivity index (χ4v) is 10.6. The zero-order valence-corrected chi connectivity index (χ0v) is 34.2. The summed E-state index contributed by atoms with van der Waals surface area (Å²) in [5.41, 5.74) is 20.6. The van der Waals surface area contributed by atoms with Crippen LogP contribution in [0.5, 0.6) is 0 Å². The van der Waals surface area contributed by atoms with E-state index in [1.165, 1.54) is 132 Å². The van der Waals surface area contributed by atoms with Gasteiger partial charge in [-0.05, 0) is 151 Å². The standard InChI is InChI=1S/C62H40/c1-2-13-55(56-35-31-50-29-27-46-7-4-9-48-33-37-58(56)62(50)60(46)48)53(12-1)52-11-5-10-51(38-52)43-20-18-41(19-21-43)39-14-16-40(17-15-39)42-22-24-44(25-23-42)54-34-30-49-28-26-45-6-3-8-47-32-36-57(54)61(49)59(45)47/h1-6,8-28,30-38H,7,29H2. The molecule has 0 radical (unpaired) electrons. The topological polar surface area (TPSA) is 0 Å². The maximum Gasteiger partial charge on any atom is -0.00206 e. The highest BCUT2D eigenvalue weighted by Crippen LogP contribution is 2.45. The van der Waals surface area contributed by atoms with E-state index in [0.29, 0.717) is 0 Å². The Labute approximate surface area is 361 Å². The predicted molar refractivity (Wildman–Crippen MR) is 266 cm³/mol. The Morgan fingerprint density at radius 2 is 0.855 bits per heavy atom. The molecule has 62 heavy (non-hydrogen) atoms. The monoisotopic (exact) mass is 784 g/mol. The van der Waals surface area contributed by atoms with Crippen LogP contribution in [0.3, 0.4) is 0 Å². The van der Waals surface area contributed by atoms with E-state index >= 15 is 0 Å². The summed E-state index contributed by atoms with van der Waals surface area (Å²) in [6, 6.07) is 74.7. The van der Waals surface area contributed by atoms with Crippen molar-refractivity contribution in [2.75, 3.05) is 0 Å². The summed E-state index contributed by atoms with van der Waals surface area (Å²) in [6.45, 7) is 0. The van der Waals surface area contributed by atoms with Crippen molar-refractivity contribution in [1.29, 1.82) is 0 Å². The maximum atomic E-state index is 2.43. The molecule has 0 bridgehead atoms. The lowest BCUT2D eigenvalue weighted by Crippen LogP contribution is -2.03. The number of hydrogen-bond donors (Lipinski definition) is 0. The zero-order chi connectivity index (χ0) is 40.7. The van der Waals surface area contributed by atoms with Crippen LogP contribution in [-0.2, 0) is 6.42 Å². The molecule has 0 spiro atoms. The van der Waals surface area contributed by atoms with Gasteiger partial charge in [-0.1, -0.05) is 212 Å². The van der Waals surface area contributed by atoms with Gasteiger partial charge in [-0.3, -0.25) is 0 Å². The van der Waals surface area contributed by atoms with Crippen LogP contribution in [-0.4, -0.2) is 0 Å². The molecule has 0 unspecified atom stereocenters. The van der Waals surface area contributed by atoms with Crippen molar-refractivity contribution in [2.45, 2.75) is 12.8 Å². The third-order valence-corrected chi connectivity index (χ3v) is 13.7. The van der Waals surface area contributed by atoms with E-state index in [1.54, 1.807) is 0 Å². The maximum absolute atomic E-state index is 2.43. The second kappa shape index (κ2) is 13.9. The Hall–Kier alpha value is -7.80. The number of hydrogen-bond acceptors (Lipinski definition) is 0. The van der Waals surface area contributed by atoms with Gasteiger partial charge in [0, 0.05) is 0 Å². The highest BCUT2D eigenvalue weighted by atomic mass is 14.3. The Morgan fingerprint density at radius 1 is 0.306 bits per heavy atom. The van der Waals surface area contributed by atoms with Crippen LogP contribution in [0.15, 0.2) is 212 Å². The van der Waals surface area contributed by atoms with Crippen molar-refractivity contribution in [3.05, 3.63) is 229 Å². The highest BCUT2D eigenvalue weighted by molar-refractivity contribution is 6.25. The normalized spacial score (nSPS) is 13.1. The van der Waals surface area contributed by atoms with Gasteiger partial charge in [0.15, 0.2) is 0 Å². The van der Waals surface area contributed by atoms with E-state index in [2.05, 4.69) is 218 Å². The smallest absolute Gasteiger partial charge is 0.00206 e. The molecule has 2 aliphatic carbocycles. The van der Waals surface area contributed by atoms with Crippen LogP contribution >= 0.6 is 0 Å². The summed E-state index contributed by atoms with van der Waals surface area (Å²) >= 11 is 0.